The first-order valence-corrected chi connectivity index (χ1v) is 10.9. The molecule has 0 saturated heterocycles. The summed E-state index contributed by atoms with van der Waals surface area (Å²) in [6, 6.07) is 5.57. The molecule has 0 N–H and O–H groups in total. The largest absolute Gasteiger partial charge is 0.496 e. The highest BCUT2D eigenvalue weighted by Gasteiger charge is 2.53. The van der Waals surface area contributed by atoms with Crippen molar-refractivity contribution < 1.29 is 4.74 Å². The lowest BCUT2D eigenvalue weighted by atomic mass is 9.50. The van der Waals surface area contributed by atoms with Gasteiger partial charge in [-0.15, -0.1) is 10.2 Å². The Labute approximate surface area is 166 Å². The van der Waals surface area contributed by atoms with Gasteiger partial charge in [0.25, 0.3) is 0 Å². The van der Waals surface area contributed by atoms with Crippen molar-refractivity contribution in [2.24, 2.45) is 17.8 Å². The molecule has 4 bridgehead atoms. The highest BCUT2D eigenvalue weighted by atomic mass is 35.5. The van der Waals surface area contributed by atoms with E-state index >= 15 is 0 Å². The van der Waals surface area contributed by atoms with Crippen molar-refractivity contribution >= 4 is 27.9 Å². The van der Waals surface area contributed by atoms with Crippen LogP contribution in [0.25, 0.3) is 16.3 Å². The number of hydrogen-bond donors (Lipinski definition) is 0. The molecule has 4 aliphatic rings. The zero-order valence-corrected chi connectivity index (χ0v) is 16.8. The van der Waals surface area contributed by atoms with Crippen molar-refractivity contribution in [3.8, 4) is 17.1 Å². The summed E-state index contributed by atoms with van der Waals surface area (Å²) in [6.45, 7) is 0. The van der Waals surface area contributed by atoms with Crippen LogP contribution in [-0.4, -0.2) is 26.9 Å². The molecule has 0 unspecified atom stereocenters. The first kappa shape index (κ1) is 16.3. The first-order chi connectivity index (χ1) is 13.1. The standard InChI is InChI=1S/C20H21ClN4OS/c1-26-16-3-2-14(21)7-15(16)17-22-23-19-25(17)24-18(27-19)20-8-11-4-12(9-20)6-13(5-11)10-20/h2-3,7,11-13H,4-6,8-10H2,1H3. The van der Waals surface area contributed by atoms with Crippen LogP contribution in [0.5, 0.6) is 5.75 Å². The van der Waals surface area contributed by atoms with Gasteiger partial charge in [0, 0.05) is 10.4 Å². The summed E-state index contributed by atoms with van der Waals surface area (Å²) >= 11 is 7.95. The smallest absolute Gasteiger partial charge is 0.234 e. The van der Waals surface area contributed by atoms with E-state index < -0.39 is 0 Å². The van der Waals surface area contributed by atoms with E-state index in [2.05, 4.69) is 10.2 Å². The summed E-state index contributed by atoms with van der Waals surface area (Å²) in [4.78, 5) is 0.859. The molecule has 0 atom stereocenters. The molecule has 2 heterocycles. The van der Waals surface area contributed by atoms with E-state index in [4.69, 9.17) is 21.4 Å². The molecule has 2 aromatic heterocycles. The second-order valence-electron chi connectivity index (χ2n) is 8.67. The van der Waals surface area contributed by atoms with Gasteiger partial charge in [0.05, 0.1) is 12.7 Å². The van der Waals surface area contributed by atoms with Gasteiger partial charge in [-0.1, -0.05) is 22.9 Å². The normalized spacial score (nSPS) is 31.7. The molecule has 0 radical (unpaired) electrons. The molecule has 27 heavy (non-hydrogen) atoms. The summed E-state index contributed by atoms with van der Waals surface area (Å²) < 4.78 is 7.41. The number of halogens is 1. The second-order valence-corrected chi connectivity index (χ2v) is 10.1. The molecular formula is C20H21ClN4OS. The quantitative estimate of drug-likeness (QED) is 0.622. The van der Waals surface area contributed by atoms with E-state index in [9.17, 15) is 0 Å². The van der Waals surface area contributed by atoms with Crippen LogP contribution >= 0.6 is 22.9 Å². The highest BCUT2D eigenvalue weighted by molar-refractivity contribution is 7.16. The summed E-state index contributed by atoms with van der Waals surface area (Å²) in [5.74, 6) is 4.14. The molecule has 7 rings (SSSR count). The summed E-state index contributed by atoms with van der Waals surface area (Å²) in [5, 5.41) is 15.8. The Hall–Kier alpha value is -1.66. The van der Waals surface area contributed by atoms with Crippen LogP contribution in [0, 0.1) is 17.8 Å². The monoisotopic (exact) mass is 400 g/mol. The zero-order chi connectivity index (χ0) is 18.2. The van der Waals surface area contributed by atoms with E-state index in [1.54, 1.807) is 18.4 Å². The van der Waals surface area contributed by atoms with Crippen molar-refractivity contribution in [3.05, 3.63) is 28.2 Å². The Kier molecular flexibility index (Phi) is 3.43. The molecule has 0 spiro atoms. The van der Waals surface area contributed by atoms with E-state index in [0.717, 1.165) is 34.0 Å². The maximum absolute atomic E-state index is 6.23. The van der Waals surface area contributed by atoms with Gasteiger partial charge in [0.15, 0.2) is 5.82 Å². The highest BCUT2D eigenvalue weighted by Crippen LogP contribution is 2.61. The van der Waals surface area contributed by atoms with E-state index in [1.165, 1.54) is 43.5 Å². The van der Waals surface area contributed by atoms with Crippen LogP contribution in [0.15, 0.2) is 18.2 Å². The van der Waals surface area contributed by atoms with Crippen molar-refractivity contribution in [2.75, 3.05) is 7.11 Å². The third kappa shape index (κ3) is 2.39. The van der Waals surface area contributed by atoms with Crippen LogP contribution in [0.4, 0.5) is 0 Å². The fraction of sp³-hybridized carbons (Fsp3) is 0.550. The Morgan fingerprint density at radius 1 is 1.11 bits per heavy atom. The fourth-order valence-electron chi connectivity index (χ4n) is 6.23. The molecule has 4 saturated carbocycles. The second kappa shape index (κ2) is 5.67. The van der Waals surface area contributed by atoms with Gasteiger partial charge in [0.2, 0.25) is 4.96 Å². The summed E-state index contributed by atoms with van der Waals surface area (Å²) in [7, 11) is 1.66. The molecule has 0 aliphatic heterocycles. The van der Waals surface area contributed by atoms with Crippen LogP contribution < -0.4 is 4.74 Å². The molecular weight excluding hydrogens is 380 g/mol. The zero-order valence-electron chi connectivity index (χ0n) is 15.2. The minimum Gasteiger partial charge on any atom is -0.496 e. The van der Waals surface area contributed by atoms with Crippen molar-refractivity contribution in [1.29, 1.82) is 0 Å². The maximum atomic E-state index is 6.23. The Morgan fingerprint density at radius 3 is 2.48 bits per heavy atom. The van der Waals surface area contributed by atoms with E-state index in [-0.39, 0.29) is 5.41 Å². The summed E-state index contributed by atoms with van der Waals surface area (Å²) in [5.41, 5.74) is 1.11. The molecule has 7 heteroatoms. The number of methoxy groups -OCH3 is 1. The molecule has 5 nitrogen and oxygen atoms in total. The fourth-order valence-corrected chi connectivity index (χ4v) is 7.46. The van der Waals surface area contributed by atoms with Gasteiger partial charge in [-0.2, -0.15) is 9.61 Å². The van der Waals surface area contributed by atoms with E-state index in [0.29, 0.717) is 10.8 Å². The number of benzene rings is 1. The number of hydrogen-bond acceptors (Lipinski definition) is 5. The first-order valence-electron chi connectivity index (χ1n) is 9.70. The molecule has 4 fully saturated rings. The molecule has 3 aromatic rings. The van der Waals surface area contributed by atoms with Gasteiger partial charge in [-0.25, -0.2) is 0 Å². The van der Waals surface area contributed by atoms with Gasteiger partial charge < -0.3 is 4.74 Å². The third-order valence-electron chi connectivity index (χ3n) is 6.89. The minimum atomic E-state index is 0.274. The number of rotatable bonds is 3. The molecule has 1 aromatic carbocycles. The predicted octanol–water partition coefficient (Wildman–Crippen LogP) is 4.98. The topological polar surface area (TPSA) is 52.3 Å². The Morgan fingerprint density at radius 2 is 1.81 bits per heavy atom. The van der Waals surface area contributed by atoms with Gasteiger partial charge in [0.1, 0.15) is 10.8 Å². The maximum Gasteiger partial charge on any atom is 0.234 e. The van der Waals surface area contributed by atoms with Gasteiger partial charge in [-0.3, -0.25) is 0 Å². The number of aromatic nitrogens is 4. The van der Waals surface area contributed by atoms with Crippen molar-refractivity contribution in [1.82, 2.24) is 19.8 Å². The summed E-state index contributed by atoms with van der Waals surface area (Å²) in [6.07, 6.45) is 8.23. The predicted molar refractivity (Wildman–Crippen MR) is 106 cm³/mol. The lowest BCUT2D eigenvalue weighted by Gasteiger charge is -2.55. The number of fused-ring (bicyclic) bond motifs is 1. The average Bonchev–Trinajstić information content (AvgIpc) is 3.21. The van der Waals surface area contributed by atoms with Crippen molar-refractivity contribution in [2.45, 2.75) is 43.9 Å². The van der Waals surface area contributed by atoms with Crippen LogP contribution in [0.1, 0.15) is 43.5 Å². The Balaban J connectivity index is 1.47. The van der Waals surface area contributed by atoms with Crippen molar-refractivity contribution in [3.63, 3.8) is 0 Å². The number of ether oxygens (including phenoxy) is 1. The third-order valence-corrected chi connectivity index (χ3v) is 8.27. The molecule has 0 amide bonds. The van der Waals surface area contributed by atoms with Crippen LogP contribution in [0.2, 0.25) is 5.02 Å². The lowest BCUT2D eigenvalue weighted by Crippen LogP contribution is -2.48. The van der Waals surface area contributed by atoms with Crippen LogP contribution in [-0.2, 0) is 5.41 Å². The van der Waals surface area contributed by atoms with E-state index in [1.807, 2.05) is 22.7 Å². The lowest BCUT2D eigenvalue weighted by molar-refractivity contribution is -0.00565. The SMILES string of the molecule is COc1ccc(Cl)cc1-c1nnc2sc(C34CC5CC(CC(C5)C3)C4)nn12. The average molecular weight is 401 g/mol. The minimum absolute atomic E-state index is 0.274. The van der Waals surface area contributed by atoms with Crippen LogP contribution in [0.3, 0.4) is 0 Å². The molecule has 140 valence electrons. The number of nitrogens with zero attached hydrogens (tertiary/aromatic N) is 4. The van der Waals surface area contributed by atoms with Gasteiger partial charge in [-0.05, 0) is 74.5 Å². The molecule has 4 aliphatic carbocycles. The Bertz CT molecular complexity index is 1010. The van der Waals surface area contributed by atoms with Gasteiger partial charge >= 0.3 is 0 Å².